The van der Waals surface area contributed by atoms with E-state index in [-0.39, 0.29) is 5.88 Å². The third kappa shape index (κ3) is 2.73. The maximum Gasteiger partial charge on any atom is 0.243 e. The lowest BCUT2D eigenvalue weighted by atomic mass is 10.7. The fourth-order valence-corrected chi connectivity index (χ4v) is 0.111. The summed E-state index contributed by atoms with van der Waals surface area (Å²) in [6.45, 7) is 1.57. The molecule has 0 radical (unpaired) electrons. The Balaban J connectivity index is 3.82. The molecule has 0 saturated heterocycles. The summed E-state index contributed by atoms with van der Waals surface area (Å²) in [5.74, 6) is -0.296. The Bertz CT molecular complexity index is 122. The summed E-state index contributed by atoms with van der Waals surface area (Å²) < 4.78 is 0. The second kappa shape index (κ2) is 3.12. The molecule has 0 rings (SSSR count). The molecular formula is C4H5NO2. The van der Waals surface area contributed by atoms with Gasteiger partial charge in [0, 0.05) is 0 Å². The zero-order chi connectivity index (χ0) is 5.70. The molecule has 0 heterocycles. The summed E-state index contributed by atoms with van der Waals surface area (Å²) >= 11 is 0. The van der Waals surface area contributed by atoms with Gasteiger partial charge in [0.1, 0.15) is 0 Å². The summed E-state index contributed by atoms with van der Waals surface area (Å²) in [6, 6.07) is 0. The molecule has 0 aromatic rings. The predicted octanol–water partition coefficient (Wildman–Crippen LogP) is 0.742. The first-order chi connectivity index (χ1) is 3.31. The number of aliphatic hydroxyl groups excluding tert-OH is 1. The Morgan fingerprint density at radius 2 is 2.57 bits per heavy atom. The average Bonchev–Trinajstić information content (AvgIpc) is 1.68. The van der Waals surface area contributed by atoms with Crippen LogP contribution in [0.25, 0.3) is 0 Å². The van der Waals surface area contributed by atoms with Gasteiger partial charge in [0.2, 0.25) is 12.0 Å². The van der Waals surface area contributed by atoms with Crippen LogP contribution in [0.3, 0.4) is 0 Å². The minimum absolute atomic E-state index is 0.296. The number of isocyanates is 1. The Labute approximate surface area is 41.0 Å². The summed E-state index contributed by atoms with van der Waals surface area (Å²) in [4.78, 5) is 12.1. The van der Waals surface area contributed by atoms with E-state index in [4.69, 9.17) is 5.11 Å². The molecule has 0 aliphatic heterocycles. The van der Waals surface area contributed by atoms with Crippen LogP contribution >= 0.6 is 0 Å². The first-order valence-corrected chi connectivity index (χ1v) is 1.74. The quantitative estimate of drug-likeness (QED) is 0.299. The highest BCUT2D eigenvalue weighted by atomic mass is 16.3. The molecule has 1 N–H and O–H groups in total. The molecule has 0 amide bonds. The van der Waals surface area contributed by atoms with Gasteiger partial charge in [-0.05, 0) is 13.0 Å². The van der Waals surface area contributed by atoms with Crippen molar-refractivity contribution >= 4 is 6.08 Å². The van der Waals surface area contributed by atoms with Crippen LogP contribution in [0.5, 0.6) is 0 Å². The van der Waals surface area contributed by atoms with E-state index in [1.165, 1.54) is 12.2 Å². The summed E-state index contributed by atoms with van der Waals surface area (Å²) in [6.07, 6.45) is 2.47. The fourth-order valence-electron chi connectivity index (χ4n) is 0.111. The maximum atomic E-state index is 9.28. The zero-order valence-corrected chi connectivity index (χ0v) is 3.88. The number of aliphatic hydroxyl groups is 1. The molecule has 0 aliphatic carbocycles. The first kappa shape index (κ1) is 5.92. The number of carbonyl (C=O) groups excluding carboxylic acids is 1. The number of hydrogen-bond donors (Lipinski definition) is 1. The van der Waals surface area contributed by atoms with Crippen molar-refractivity contribution in [3.05, 3.63) is 12.0 Å². The van der Waals surface area contributed by atoms with Crippen molar-refractivity contribution in [1.29, 1.82) is 0 Å². The Hall–Kier alpha value is -1.08. The molecule has 0 unspecified atom stereocenters. The highest BCUT2D eigenvalue weighted by Gasteiger charge is 1.75. The minimum Gasteiger partial charge on any atom is -0.493 e. The topological polar surface area (TPSA) is 49.7 Å². The van der Waals surface area contributed by atoms with Crippen LogP contribution < -0.4 is 0 Å². The van der Waals surface area contributed by atoms with E-state index < -0.39 is 0 Å². The van der Waals surface area contributed by atoms with E-state index in [1.54, 1.807) is 6.92 Å². The molecule has 3 heteroatoms. The molecule has 0 bridgehead atoms. The van der Waals surface area contributed by atoms with Gasteiger partial charge in [-0.1, -0.05) is 0 Å². The number of allylic oxidation sites excluding steroid dienone is 1. The maximum absolute atomic E-state index is 9.28. The molecule has 7 heavy (non-hydrogen) atoms. The lowest BCUT2D eigenvalue weighted by molar-refractivity contribution is 0.404. The van der Waals surface area contributed by atoms with Crippen LogP contribution in [0.15, 0.2) is 17.0 Å². The summed E-state index contributed by atoms with van der Waals surface area (Å²) in [5, 5.41) is 8.29. The second-order valence-electron chi connectivity index (χ2n) is 0.850. The van der Waals surface area contributed by atoms with Gasteiger partial charge >= 0.3 is 0 Å². The van der Waals surface area contributed by atoms with Gasteiger partial charge in [0.25, 0.3) is 0 Å². The molecule has 0 spiro atoms. The molecular weight excluding hydrogens is 94.0 g/mol. The van der Waals surface area contributed by atoms with Crippen molar-refractivity contribution in [3.8, 4) is 0 Å². The van der Waals surface area contributed by atoms with Crippen molar-refractivity contribution < 1.29 is 9.90 Å². The van der Waals surface area contributed by atoms with Crippen molar-refractivity contribution in [2.45, 2.75) is 6.92 Å². The van der Waals surface area contributed by atoms with E-state index in [1.807, 2.05) is 0 Å². The van der Waals surface area contributed by atoms with Crippen molar-refractivity contribution in [2.24, 2.45) is 4.99 Å². The Morgan fingerprint density at radius 3 is 2.71 bits per heavy atom. The van der Waals surface area contributed by atoms with Crippen molar-refractivity contribution in [2.75, 3.05) is 0 Å². The normalized spacial score (nSPS) is 10.1. The molecule has 0 aliphatic rings. The van der Waals surface area contributed by atoms with Crippen LogP contribution in [0.2, 0.25) is 0 Å². The van der Waals surface area contributed by atoms with Crippen LogP contribution in [0.4, 0.5) is 0 Å². The predicted molar refractivity (Wildman–Crippen MR) is 24.5 cm³/mol. The summed E-state index contributed by atoms with van der Waals surface area (Å²) in [7, 11) is 0. The number of hydrogen-bond acceptors (Lipinski definition) is 3. The van der Waals surface area contributed by atoms with Crippen LogP contribution in [0, 0.1) is 0 Å². The molecule has 0 atom stereocenters. The monoisotopic (exact) mass is 99.0 g/mol. The average molecular weight is 99.1 g/mol. The van der Waals surface area contributed by atoms with Crippen molar-refractivity contribution in [1.82, 2.24) is 0 Å². The number of aliphatic imine (C=N–C) groups is 1. The Kier molecular flexibility index (Phi) is 2.64. The van der Waals surface area contributed by atoms with Gasteiger partial charge < -0.3 is 5.11 Å². The standard InChI is InChI=1S/C4H5NO2/c1-2-4(7)5-3-6/h2,7H,1H3. The van der Waals surface area contributed by atoms with E-state index >= 15 is 0 Å². The summed E-state index contributed by atoms with van der Waals surface area (Å²) in [5.41, 5.74) is 0. The lowest BCUT2D eigenvalue weighted by Gasteiger charge is -1.76. The first-order valence-electron chi connectivity index (χ1n) is 1.74. The second-order valence-corrected chi connectivity index (χ2v) is 0.850. The molecule has 0 saturated carbocycles. The van der Waals surface area contributed by atoms with E-state index in [0.717, 1.165) is 0 Å². The molecule has 38 valence electrons. The van der Waals surface area contributed by atoms with Crippen LogP contribution in [0.1, 0.15) is 6.92 Å². The third-order valence-electron chi connectivity index (χ3n) is 0.418. The van der Waals surface area contributed by atoms with Crippen molar-refractivity contribution in [3.63, 3.8) is 0 Å². The SMILES string of the molecule is CC=C(O)N=C=O. The van der Waals surface area contributed by atoms with Gasteiger partial charge in [-0.25, -0.2) is 4.79 Å². The van der Waals surface area contributed by atoms with E-state index in [2.05, 4.69) is 4.99 Å². The van der Waals surface area contributed by atoms with Gasteiger partial charge in [-0.15, -0.1) is 4.99 Å². The van der Waals surface area contributed by atoms with Gasteiger partial charge in [-0.3, -0.25) is 0 Å². The molecule has 3 nitrogen and oxygen atoms in total. The molecule has 0 aromatic heterocycles. The third-order valence-corrected chi connectivity index (χ3v) is 0.418. The minimum atomic E-state index is -0.296. The highest BCUT2D eigenvalue weighted by Crippen LogP contribution is 1.83. The lowest BCUT2D eigenvalue weighted by Crippen LogP contribution is -1.67. The smallest absolute Gasteiger partial charge is 0.243 e. The number of rotatable bonds is 1. The van der Waals surface area contributed by atoms with Gasteiger partial charge in [0.15, 0.2) is 0 Å². The molecule has 0 aromatic carbocycles. The van der Waals surface area contributed by atoms with E-state index in [9.17, 15) is 4.79 Å². The van der Waals surface area contributed by atoms with Gasteiger partial charge in [0.05, 0.1) is 0 Å². The number of nitrogens with zero attached hydrogens (tertiary/aromatic N) is 1. The largest absolute Gasteiger partial charge is 0.493 e. The van der Waals surface area contributed by atoms with E-state index in [0.29, 0.717) is 0 Å². The molecule has 0 fully saturated rings. The van der Waals surface area contributed by atoms with Crippen LogP contribution in [-0.2, 0) is 4.79 Å². The van der Waals surface area contributed by atoms with Crippen LogP contribution in [-0.4, -0.2) is 11.2 Å². The fraction of sp³-hybridized carbons (Fsp3) is 0.250. The highest BCUT2D eigenvalue weighted by molar-refractivity contribution is 5.35. The zero-order valence-electron chi connectivity index (χ0n) is 3.88. The Morgan fingerprint density at radius 1 is 2.00 bits per heavy atom. The van der Waals surface area contributed by atoms with Gasteiger partial charge in [-0.2, -0.15) is 0 Å².